The van der Waals surface area contributed by atoms with Crippen molar-refractivity contribution in [3.8, 4) is 5.75 Å². The fraction of sp³-hybridized carbons (Fsp3) is 0.500. The van der Waals surface area contributed by atoms with Crippen LogP contribution in [0.2, 0.25) is 6.04 Å². The van der Waals surface area contributed by atoms with E-state index in [0.717, 1.165) is 12.2 Å². The third-order valence-electron chi connectivity index (χ3n) is 2.42. The van der Waals surface area contributed by atoms with Gasteiger partial charge in [0.1, 0.15) is 5.75 Å². The maximum Gasteiger partial charge on any atom is 0.341 e. The molecule has 0 unspecified atom stereocenters. The highest BCUT2D eigenvalue weighted by atomic mass is 35.8. The van der Waals surface area contributed by atoms with Crippen molar-refractivity contribution in [2.75, 3.05) is 6.61 Å². The van der Waals surface area contributed by atoms with Gasteiger partial charge < -0.3 is 4.74 Å². The molecule has 5 heteroatoms. The van der Waals surface area contributed by atoms with Gasteiger partial charge in [0.25, 0.3) is 0 Å². The molecule has 96 valence electrons. The summed E-state index contributed by atoms with van der Waals surface area (Å²) in [5.41, 5.74) is 1.31. The second-order valence-corrected chi connectivity index (χ2v) is 13.6. The van der Waals surface area contributed by atoms with Gasteiger partial charge in [0.05, 0.1) is 6.61 Å². The molecule has 0 aromatic heterocycles. The Kier molecular flexibility index (Phi) is 6.14. The Labute approximate surface area is 118 Å². The number of hydrogen-bond donors (Lipinski definition) is 0. The predicted molar refractivity (Wildman–Crippen MR) is 78.8 cm³/mol. The highest BCUT2D eigenvalue weighted by molar-refractivity contribution is 7.64. The first kappa shape index (κ1) is 15.2. The van der Waals surface area contributed by atoms with E-state index in [1.54, 1.807) is 0 Å². The van der Waals surface area contributed by atoms with Gasteiger partial charge in [-0.1, -0.05) is 26.0 Å². The molecule has 17 heavy (non-hydrogen) atoms. The Bertz CT molecular complexity index is 333. The first-order valence-corrected chi connectivity index (χ1v) is 10.9. The van der Waals surface area contributed by atoms with Gasteiger partial charge in [0.2, 0.25) is 0 Å². The van der Waals surface area contributed by atoms with Crippen LogP contribution in [0.4, 0.5) is 0 Å². The summed E-state index contributed by atoms with van der Waals surface area (Å²) in [6, 6.07) is 6.31. The van der Waals surface area contributed by atoms with E-state index in [2.05, 4.69) is 26.0 Å². The van der Waals surface area contributed by atoms with Gasteiger partial charge in [0, 0.05) is 0 Å². The van der Waals surface area contributed by atoms with Crippen LogP contribution in [-0.2, 0) is 0 Å². The number of rotatable bonds is 6. The number of benzene rings is 1. The van der Waals surface area contributed by atoms with Gasteiger partial charge in [0.15, 0.2) is 0 Å². The van der Waals surface area contributed by atoms with Crippen molar-refractivity contribution in [3.05, 3.63) is 29.8 Å². The molecule has 0 atom stereocenters. The molecule has 1 aromatic rings. The van der Waals surface area contributed by atoms with Crippen LogP contribution in [0, 0.1) is 0 Å². The lowest BCUT2D eigenvalue weighted by atomic mass is 10.0. The van der Waals surface area contributed by atoms with Crippen molar-refractivity contribution in [2.24, 2.45) is 0 Å². The lowest BCUT2D eigenvalue weighted by molar-refractivity contribution is 0.317. The third-order valence-corrected chi connectivity index (χ3v) is 5.04. The highest BCUT2D eigenvalue weighted by Gasteiger charge is 2.23. The zero-order valence-corrected chi connectivity index (χ0v) is 13.3. The summed E-state index contributed by atoms with van der Waals surface area (Å²) in [5.74, 6) is 1.42. The summed E-state index contributed by atoms with van der Waals surface area (Å²) in [6.45, 7) is 4.94. The topological polar surface area (TPSA) is 9.23 Å². The van der Waals surface area contributed by atoms with E-state index in [-0.39, 0.29) is 0 Å². The minimum Gasteiger partial charge on any atom is -0.494 e. The molecule has 0 amide bonds. The van der Waals surface area contributed by atoms with Crippen molar-refractivity contribution >= 4 is 39.2 Å². The predicted octanol–water partition coefficient (Wildman–Crippen LogP) is 5.23. The first-order chi connectivity index (χ1) is 7.88. The molecule has 0 fully saturated rings. The van der Waals surface area contributed by atoms with Crippen molar-refractivity contribution in [1.82, 2.24) is 0 Å². The minimum atomic E-state index is -2.48. The molecular weight excluding hydrogens is 295 g/mol. The van der Waals surface area contributed by atoms with Gasteiger partial charge in [-0.05, 0) is 36.1 Å². The second kappa shape index (κ2) is 6.88. The van der Waals surface area contributed by atoms with E-state index in [1.165, 1.54) is 5.56 Å². The average molecular weight is 312 g/mol. The summed E-state index contributed by atoms with van der Waals surface area (Å²) < 4.78 is 5.58. The molecule has 0 aliphatic carbocycles. The molecule has 0 aliphatic rings. The quantitative estimate of drug-likeness (QED) is 0.397. The molecule has 0 heterocycles. The average Bonchev–Trinajstić information content (AvgIpc) is 2.24. The first-order valence-electron chi connectivity index (χ1n) is 5.68. The summed E-state index contributed by atoms with van der Waals surface area (Å²) in [7, 11) is 0. The standard InChI is InChI=1S/C12H17Cl3OSi/c1-10(2)11-4-6-12(7-5-11)16-8-3-9-17(13,14)15/h4-7,10H,3,8-9H2,1-2H3. The zero-order chi connectivity index (χ0) is 12.9. The van der Waals surface area contributed by atoms with Crippen molar-refractivity contribution < 1.29 is 4.74 Å². The lowest BCUT2D eigenvalue weighted by Crippen LogP contribution is -2.10. The molecule has 0 aliphatic heterocycles. The fourth-order valence-electron chi connectivity index (χ4n) is 1.41. The van der Waals surface area contributed by atoms with Crippen LogP contribution in [0.15, 0.2) is 24.3 Å². The van der Waals surface area contributed by atoms with Gasteiger partial charge in [-0.3, -0.25) is 0 Å². The summed E-state index contributed by atoms with van der Waals surface area (Å²) in [4.78, 5) is 0. The van der Waals surface area contributed by atoms with Crippen LogP contribution < -0.4 is 4.74 Å². The summed E-state index contributed by atoms with van der Waals surface area (Å²) >= 11 is 17.4. The summed E-state index contributed by atoms with van der Waals surface area (Å²) in [5, 5.41) is 0. The molecule has 0 saturated heterocycles. The van der Waals surface area contributed by atoms with Crippen LogP contribution in [-0.4, -0.2) is 12.6 Å². The van der Waals surface area contributed by atoms with Crippen LogP contribution >= 0.6 is 33.2 Å². The fourth-order valence-corrected chi connectivity index (χ4v) is 3.16. The molecule has 1 aromatic carbocycles. The third kappa shape index (κ3) is 6.56. The Hall–Kier alpha value is 0.107. The number of ether oxygens (including phenoxy) is 1. The Morgan fingerprint density at radius 1 is 1.12 bits per heavy atom. The van der Waals surface area contributed by atoms with Crippen LogP contribution in [0.25, 0.3) is 0 Å². The molecule has 0 bridgehead atoms. The molecule has 0 radical (unpaired) electrons. The van der Waals surface area contributed by atoms with Gasteiger partial charge in [-0.25, -0.2) is 0 Å². The van der Waals surface area contributed by atoms with Gasteiger partial charge >= 0.3 is 6.00 Å². The molecule has 0 saturated carbocycles. The van der Waals surface area contributed by atoms with E-state index >= 15 is 0 Å². The largest absolute Gasteiger partial charge is 0.494 e. The van der Waals surface area contributed by atoms with E-state index in [4.69, 9.17) is 38.0 Å². The Morgan fingerprint density at radius 2 is 1.71 bits per heavy atom. The zero-order valence-electron chi connectivity index (χ0n) is 10.1. The van der Waals surface area contributed by atoms with Crippen LogP contribution in [0.3, 0.4) is 0 Å². The molecule has 1 rings (SSSR count). The van der Waals surface area contributed by atoms with Crippen molar-refractivity contribution in [3.63, 3.8) is 0 Å². The Balaban J connectivity index is 2.33. The summed E-state index contributed by atoms with van der Waals surface area (Å²) in [6.07, 6.45) is 0.786. The monoisotopic (exact) mass is 310 g/mol. The molecule has 1 nitrogen and oxygen atoms in total. The van der Waals surface area contributed by atoms with E-state index in [0.29, 0.717) is 18.6 Å². The number of hydrogen-bond acceptors (Lipinski definition) is 1. The normalized spacial score (nSPS) is 11.9. The molecule has 0 spiro atoms. The lowest BCUT2D eigenvalue weighted by Gasteiger charge is -2.10. The van der Waals surface area contributed by atoms with E-state index in [1.807, 2.05) is 12.1 Å². The van der Waals surface area contributed by atoms with Crippen LogP contribution in [0.5, 0.6) is 5.75 Å². The smallest absolute Gasteiger partial charge is 0.341 e. The SMILES string of the molecule is CC(C)c1ccc(OCCC[Si](Cl)(Cl)Cl)cc1. The van der Waals surface area contributed by atoms with Crippen LogP contribution in [0.1, 0.15) is 31.7 Å². The maximum atomic E-state index is 5.78. The van der Waals surface area contributed by atoms with Crippen molar-refractivity contribution in [2.45, 2.75) is 32.2 Å². The maximum absolute atomic E-state index is 5.78. The Morgan fingerprint density at radius 3 is 2.18 bits per heavy atom. The van der Waals surface area contributed by atoms with E-state index < -0.39 is 6.00 Å². The molecular formula is C12H17Cl3OSi. The minimum absolute atomic E-state index is 0.541. The van der Waals surface area contributed by atoms with Gasteiger partial charge in [-0.2, -0.15) is 0 Å². The second-order valence-electron chi connectivity index (χ2n) is 4.29. The van der Waals surface area contributed by atoms with Crippen molar-refractivity contribution in [1.29, 1.82) is 0 Å². The van der Waals surface area contributed by atoms with Gasteiger partial charge in [-0.15, -0.1) is 33.2 Å². The molecule has 0 N–H and O–H groups in total. The number of halogens is 3. The highest BCUT2D eigenvalue weighted by Crippen LogP contribution is 2.26. The van der Waals surface area contributed by atoms with E-state index in [9.17, 15) is 0 Å².